The molecule has 0 radical (unpaired) electrons. The van der Waals surface area contributed by atoms with Gasteiger partial charge in [0.25, 0.3) is 5.56 Å². The van der Waals surface area contributed by atoms with E-state index in [9.17, 15) is 10.1 Å². The molecule has 31 heavy (non-hydrogen) atoms. The summed E-state index contributed by atoms with van der Waals surface area (Å²) in [6.45, 7) is 2.32. The molecule has 1 aliphatic heterocycles. The number of ether oxygens (including phenoxy) is 1. The van der Waals surface area contributed by atoms with E-state index in [0.29, 0.717) is 39.9 Å². The summed E-state index contributed by atoms with van der Waals surface area (Å²) in [5.74, 6) is -0.557. The van der Waals surface area contributed by atoms with Crippen molar-refractivity contribution >= 4 is 23.2 Å². The van der Waals surface area contributed by atoms with E-state index in [-0.39, 0.29) is 17.0 Å². The predicted molar refractivity (Wildman–Crippen MR) is 121 cm³/mol. The normalized spacial score (nSPS) is 15.2. The summed E-state index contributed by atoms with van der Waals surface area (Å²) in [4.78, 5) is 13.7. The number of nitrogens with two attached hydrogens (primary N) is 1. The van der Waals surface area contributed by atoms with Crippen molar-refractivity contribution in [1.82, 2.24) is 4.57 Å². The van der Waals surface area contributed by atoms with Crippen LogP contribution < -0.4 is 16.0 Å². The van der Waals surface area contributed by atoms with Gasteiger partial charge >= 0.3 is 0 Å². The number of benzene rings is 2. The zero-order valence-electron chi connectivity index (χ0n) is 16.7. The Morgan fingerprint density at radius 2 is 1.77 bits per heavy atom. The van der Waals surface area contributed by atoms with E-state index < -0.39 is 5.92 Å². The maximum atomic E-state index is 13.7. The zero-order chi connectivity index (χ0) is 22.1. The standard InChI is InChI=1S/C24H19Cl2N3O2/c1-14-12-19-22(24(30)29(14)11-10-15-6-3-2-4-7-15)20(16(13-27)23(28)31-19)21-17(25)8-5-9-18(21)26/h2-9,12,20H,10-11,28H2,1H3/t20-/m1/s1. The SMILES string of the molecule is Cc1cc2c(c(=O)n1CCc1ccccc1)[C@@H](c1c(Cl)cccc1Cl)C(C#N)=C(N)O2. The molecule has 2 N–H and O–H groups in total. The lowest BCUT2D eigenvalue weighted by atomic mass is 9.84. The number of nitrogens with zero attached hydrogens (tertiary/aromatic N) is 2. The molecule has 2 aromatic carbocycles. The van der Waals surface area contributed by atoms with Crippen LogP contribution in [0.15, 0.2) is 70.8 Å². The lowest BCUT2D eigenvalue weighted by Crippen LogP contribution is -2.33. The molecule has 0 bridgehead atoms. The number of halogens is 2. The van der Waals surface area contributed by atoms with Gasteiger partial charge in [0, 0.05) is 33.9 Å². The Morgan fingerprint density at radius 1 is 1.10 bits per heavy atom. The van der Waals surface area contributed by atoms with E-state index in [1.165, 1.54) is 0 Å². The number of rotatable bonds is 4. The molecule has 1 aromatic heterocycles. The number of allylic oxidation sites excluding steroid dienone is 1. The van der Waals surface area contributed by atoms with Crippen molar-refractivity contribution in [3.8, 4) is 11.8 Å². The summed E-state index contributed by atoms with van der Waals surface area (Å²) in [5.41, 5.74) is 8.52. The molecule has 0 fully saturated rings. The molecule has 0 saturated heterocycles. The molecule has 0 unspecified atom stereocenters. The average molecular weight is 452 g/mol. The third kappa shape index (κ3) is 3.81. The van der Waals surface area contributed by atoms with Crippen molar-refractivity contribution in [1.29, 1.82) is 5.26 Å². The topological polar surface area (TPSA) is 81.0 Å². The molecule has 0 aliphatic carbocycles. The molecule has 4 rings (SSSR count). The molecule has 7 heteroatoms. The highest BCUT2D eigenvalue weighted by atomic mass is 35.5. The molecular formula is C24H19Cl2N3O2. The van der Waals surface area contributed by atoms with E-state index in [1.54, 1.807) is 28.8 Å². The number of pyridine rings is 1. The number of nitriles is 1. The van der Waals surface area contributed by atoms with E-state index in [0.717, 1.165) is 11.3 Å². The van der Waals surface area contributed by atoms with Crippen LogP contribution in [-0.4, -0.2) is 4.57 Å². The van der Waals surface area contributed by atoms with Crippen LogP contribution in [-0.2, 0) is 13.0 Å². The molecule has 1 aliphatic rings. The first-order valence-corrected chi connectivity index (χ1v) is 10.5. The molecule has 5 nitrogen and oxygen atoms in total. The van der Waals surface area contributed by atoms with Crippen molar-refractivity contribution < 1.29 is 4.74 Å². The number of hydrogen-bond acceptors (Lipinski definition) is 4. The first-order valence-electron chi connectivity index (χ1n) is 9.72. The maximum Gasteiger partial charge on any atom is 0.258 e. The number of aryl methyl sites for hydroxylation is 2. The van der Waals surface area contributed by atoms with Crippen LogP contribution in [0.5, 0.6) is 5.75 Å². The van der Waals surface area contributed by atoms with Crippen LogP contribution in [0.2, 0.25) is 10.0 Å². The molecule has 1 atom stereocenters. The summed E-state index contributed by atoms with van der Waals surface area (Å²) in [7, 11) is 0. The first-order chi connectivity index (χ1) is 14.9. The van der Waals surface area contributed by atoms with Crippen LogP contribution in [0.4, 0.5) is 0 Å². The number of aromatic nitrogens is 1. The summed E-state index contributed by atoms with van der Waals surface area (Å²) >= 11 is 12.9. The summed E-state index contributed by atoms with van der Waals surface area (Å²) < 4.78 is 7.37. The van der Waals surface area contributed by atoms with Gasteiger partial charge in [-0.2, -0.15) is 5.26 Å². The molecule has 2 heterocycles. The maximum absolute atomic E-state index is 13.7. The quantitative estimate of drug-likeness (QED) is 0.609. The molecule has 0 saturated carbocycles. The molecular weight excluding hydrogens is 433 g/mol. The van der Waals surface area contributed by atoms with Gasteiger partial charge in [0.1, 0.15) is 17.4 Å². The van der Waals surface area contributed by atoms with Crippen molar-refractivity contribution in [2.45, 2.75) is 25.8 Å². The fourth-order valence-corrected chi connectivity index (χ4v) is 4.54. The lowest BCUT2D eigenvalue weighted by Gasteiger charge is -2.28. The second-order valence-corrected chi connectivity index (χ2v) is 8.13. The Labute approximate surface area is 189 Å². The average Bonchev–Trinajstić information content (AvgIpc) is 2.74. The Balaban J connectivity index is 1.89. The van der Waals surface area contributed by atoms with Crippen LogP contribution in [0.1, 0.15) is 28.3 Å². The fourth-order valence-electron chi connectivity index (χ4n) is 3.92. The van der Waals surface area contributed by atoms with Gasteiger partial charge in [-0.05, 0) is 31.0 Å². The van der Waals surface area contributed by atoms with Crippen molar-refractivity contribution in [2.75, 3.05) is 0 Å². The Bertz CT molecular complexity index is 1270. The second kappa shape index (κ2) is 8.50. The molecule has 3 aromatic rings. The van der Waals surface area contributed by atoms with E-state index >= 15 is 0 Å². The number of fused-ring (bicyclic) bond motifs is 1. The Hall–Kier alpha value is -3.20. The Morgan fingerprint density at radius 3 is 2.42 bits per heavy atom. The summed E-state index contributed by atoms with van der Waals surface area (Å²) in [6, 6.07) is 18.8. The molecule has 0 spiro atoms. The highest BCUT2D eigenvalue weighted by Gasteiger charge is 2.36. The largest absolute Gasteiger partial charge is 0.440 e. The van der Waals surface area contributed by atoms with Gasteiger partial charge in [-0.1, -0.05) is 59.6 Å². The van der Waals surface area contributed by atoms with Crippen molar-refractivity contribution in [3.63, 3.8) is 0 Å². The van der Waals surface area contributed by atoms with Gasteiger partial charge in [-0.15, -0.1) is 0 Å². The minimum atomic E-state index is -0.814. The lowest BCUT2D eigenvalue weighted by molar-refractivity contribution is 0.388. The van der Waals surface area contributed by atoms with Gasteiger partial charge in [-0.25, -0.2) is 0 Å². The predicted octanol–water partition coefficient (Wildman–Crippen LogP) is 4.92. The highest BCUT2D eigenvalue weighted by molar-refractivity contribution is 6.36. The second-order valence-electron chi connectivity index (χ2n) is 7.32. The van der Waals surface area contributed by atoms with Crippen molar-refractivity contribution in [3.05, 3.63) is 109 Å². The van der Waals surface area contributed by atoms with E-state index in [1.807, 2.05) is 37.3 Å². The Kier molecular flexibility index (Phi) is 5.77. The summed E-state index contributed by atoms with van der Waals surface area (Å²) in [6.07, 6.45) is 0.682. The third-order valence-corrected chi connectivity index (χ3v) is 6.10. The first kappa shape index (κ1) is 21.0. The van der Waals surface area contributed by atoms with Gasteiger partial charge in [0.2, 0.25) is 5.88 Å². The molecule has 0 amide bonds. The van der Waals surface area contributed by atoms with Crippen LogP contribution in [0, 0.1) is 18.3 Å². The minimum Gasteiger partial charge on any atom is -0.440 e. The van der Waals surface area contributed by atoms with Gasteiger partial charge in [0.05, 0.1) is 11.5 Å². The number of hydrogen-bond donors (Lipinski definition) is 1. The van der Waals surface area contributed by atoms with E-state index in [4.69, 9.17) is 33.7 Å². The van der Waals surface area contributed by atoms with Gasteiger partial charge in [-0.3, -0.25) is 4.79 Å². The zero-order valence-corrected chi connectivity index (χ0v) is 18.2. The van der Waals surface area contributed by atoms with Crippen molar-refractivity contribution in [2.24, 2.45) is 5.73 Å². The molecule has 156 valence electrons. The van der Waals surface area contributed by atoms with E-state index in [2.05, 4.69) is 6.07 Å². The highest BCUT2D eigenvalue weighted by Crippen LogP contribution is 2.45. The fraction of sp³-hybridized carbons (Fsp3) is 0.167. The van der Waals surface area contributed by atoms with Crippen LogP contribution >= 0.6 is 23.2 Å². The van der Waals surface area contributed by atoms with Gasteiger partial charge < -0.3 is 15.0 Å². The summed E-state index contributed by atoms with van der Waals surface area (Å²) in [5, 5.41) is 10.5. The van der Waals surface area contributed by atoms with Crippen LogP contribution in [0.25, 0.3) is 0 Å². The smallest absolute Gasteiger partial charge is 0.258 e. The van der Waals surface area contributed by atoms with Crippen LogP contribution in [0.3, 0.4) is 0 Å². The minimum absolute atomic E-state index is 0.0585. The third-order valence-electron chi connectivity index (χ3n) is 5.45. The van der Waals surface area contributed by atoms with Gasteiger partial charge in [0.15, 0.2) is 0 Å². The monoisotopic (exact) mass is 451 g/mol.